The van der Waals surface area contributed by atoms with Crippen molar-refractivity contribution >= 4 is 5.97 Å². The lowest BCUT2D eigenvalue weighted by Gasteiger charge is -2.36. The van der Waals surface area contributed by atoms with Gasteiger partial charge in [-0.15, -0.1) is 0 Å². The molecule has 2 rings (SSSR count). The third kappa shape index (κ3) is 2.05. The Hall–Kier alpha value is -1.42. The highest BCUT2D eigenvalue weighted by atomic mass is 16.4. The molecule has 0 amide bonds. The van der Waals surface area contributed by atoms with Gasteiger partial charge in [-0.3, -0.25) is 14.7 Å². The molecular weight excluding hydrogens is 216 g/mol. The van der Waals surface area contributed by atoms with E-state index < -0.39 is 11.5 Å². The minimum absolute atomic E-state index is 0.113. The van der Waals surface area contributed by atoms with Gasteiger partial charge in [0, 0.05) is 18.4 Å². The average Bonchev–Trinajstić information content (AvgIpc) is 2.73. The molecule has 17 heavy (non-hydrogen) atoms. The van der Waals surface area contributed by atoms with Gasteiger partial charge in [0.2, 0.25) is 0 Å². The first-order valence-corrected chi connectivity index (χ1v) is 5.96. The summed E-state index contributed by atoms with van der Waals surface area (Å²) < 4.78 is 0. The Morgan fingerprint density at radius 1 is 1.53 bits per heavy atom. The number of pyridine rings is 1. The molecule has 0 spiro atoms. The van der Waals surface area contributed by atoms with Crippen LogP contribution in [0.4, 0.5) is 0 Å². The summed E-state index contributed by atoms with van der Waals surface area (Å²) in [5.41, 5.74) is 0.386. The molecule has 1 aromatic heterocycles. The van der Waals surface area contributed by atoms with Crippen LogP contribution in [0.1, 0.15) is 38.3 Å². The Balaban J connectivity index is 2.25. The smallest absolute Gasteiger partial charge is 0.323 e. The molecular formula is C13H18N2O2. The van der Waals surface area contributed by atoms with E-state index in [1.54, 1.807) is 12.4 Å². The first-order valence-electron chi connectivity index (χ1n) is 5.96. The second-order valence-electron chi connectivity index (χ2n) is 4.83. The molecule has 92 valence electrons. The van der Waals surface area contributed by atoms with Gasteiger partial charge >= 0.3 is 5.97 Å². The topological polar surface area (TPSA) is 53.4 Å². The van der Waals surface area contributed by atoms with Crippen LogP contribution in [-0.2, 0) is 4.79 Å². The molecule has 1 N–H and O–H groups in total. The van der Waals surface area contributed by atoms with Crippen LogP contribution in [0.15, 0.2) is 24.5 Å². The highest BCUT2D eigenvalue weighted by Crippen LogP contribution is 2.36. The molecule has 0 aromatic carbocycles. The fourth-order valence-corrected chi connectivity index (χ4v) is 2.66. The van der Waals surface area contributed by atoms with E-state index in [2.05, 4.69) is 16.8 Å². The van der Waals surface area contributed by atoms with Gasteiger partial charge in [-0.05, 0) is 50.9 Å². The normalized spacial score (nSPS) is 26.9. The van der Waals surface area contributed by atoms with E-state index in [-0.39, 0.29) is 6.04 Å². The Labute approximate surface area is 101 Å². The standard InChI is InChI=1S/C13H18N2O2/c1-10(11-4-7-14-8-5-11)15-9-3-6-13(15,2)12(16)17/h4-5,7-8,10H,3,6,9H2,1-2H3,(H,16,17). The summed E-state index contributed by atoms with van der Waals surface area (Å²) in [5.74, 6) is -0.726. The number of nitrogens with zero attached hydrogens (tertiary/aromatic N) is 2. The summed E-state index contributed by atoms with van der Waals surface area (Å²) in [5, 5.41) is 9.38. The van der Waals surface area contributed by atoms with Crippen LogP contribution in [0.2, 0.25) is 0 Å². The fraction of sp³-hybridized carbons (Fsp3) is 0.538. The van der Waals surface area contributed by atoms with Gasteiger partial charge in [0.1, 0.15) is 5.54 Å². The van der Waals surface area contributed by atoms with E-state index in [1.807, 2.05) is 19.1 Å². The molecule has 1 aliphatic rings. The second-order valence-corrected chi connectivity index (χ2v) is 4.83. The van der Waals surface area contributed by atoms with E-state index >= 15 is 0 Å². The Bertz CT molecular complexity index is 407. The van der Waals surface area contributed by atoms with Crippen molar-refractivity contribution in [3.8, 4) is 0 Å². The largest absolute Gasteiger partial charge is 0.480 e. The van der Waals surface area contributed by atoms with Crippen molar-refractivity contribution in [2.24, 2.45) is 0 Å². The van der Waals surface area contributed by atoms with Crippen molar-refractivity contribution in [1.82, 2.24) is 9.88 Å². The fourth-order valence-electron chi connectivity index (χ4n) is 2.66. The SMILES string of the molecule is CC(c1ccncc1)N1CCCC1(C)C(=O)O. The molecule has 1 fully saturated rings. The zero-order valence-electron chi connectivity index (χ0n) is 10.3. The molecule has 4 nitrogen and oxygen atoms in total. The molecule has 0 radical (unpaired) electrons. The maximum absolute atomic E-state index is 11.4. The summed E-state index contributed by atoms with van der Waals surface area (Å²) in [6.45, 7) is 4.72. The van der Waals surface area contributed by atoms with Crippen LogP contribution in [0.3, 0.4) is 0 Å². The van der Waals surface area contributed by atoms with Crippen LogP contribution < -0.4 is 0 Å². The maximum Gasteiger partial charge on any atom is 0.323 e. The van der Waals surface area contributed by atoms with Crippen LogP contribution in [0.5, 0.6) is 0 Å². The van der Waals surface area contributed by atoms with Crippen LogP contribution >= 0.6 is 0 Å². The summed E-state index contributed by atoms with van der Waals surface area (Å²) in [4.78, 5) is 17.5. The molecule has 0 aliphatic carbocycles. The lowest BCUT2D eigenvalue weighted by molar-refractivity contribution is -0.149. The van der Waals surface area contributed by atoms with Gasteiger partial charge in [0.05, 0.1) is 0 Å². The van der Waals surface area contributed by atoms with Crippen LogP contribution in [0.25, 0.3) is 0 Å². The molecule has 2 atom stereocenters. The number of rotatable bonds is 3. The van der Waals surface area contributed by atoms with E-state index in [0.29, 0.717) is 0 Å². The van der Waals surface area contributed by atoms with Crippen molar-refractivity contribution in [2.75, 3.05) is 6.54 Å². The molecule has 0 bridgehead atoms. The molecule has 2 unspecified atom stereocenters. The number of carbonyl (C=O) groups is 1. The Morgan fingerprint density at radius 3 is 2.76 bits per heavy atom. The number of carboxylic acid groups (broad SMARTS) is 1. The first kappa shape index (κ1) is 12.0. The third-order valence-electron chi connectivity index (χ3n) is 3.81. The Morgan fingerprint density at radius 2 is 2.18 bits per heavy atom. The number of likely N-dealkylation sites (tertiary alicyclic amines) is 1. The van der Waals surface area contributed by atoms with Gasteiger partial charge in [-0.25, -0.2) is 0 Å². The molecule has 2 heterocycles. The molecule has 1 saturated heterocycles. The quantitative estimate of drug-likeness (QED) is 0.870. The number of aliphatic carboxylic acids is 1. The number of hydrogen-bond acceptors (Lipinski definition) is 3. The molecule has 0 saturated carbocycles. The summed E-state index contributed by atoms with van der Waals surface area (Å²) in [7, 11) is 0. The Kier molecular flexibility index (Phi) is 3.15. The number of hydrogen-bond donors (Lipinski definition) is 1. The van der Waals surface area contributed by atoms with Crippen LogP contribution in [-0.4, -0.2) is 33.0 Å². The van der Waals surface area contributed by atoms with Crippen molar-refractivity contribution < 1.29 is 9.90 Å². The lowest BCUT2D eigenvalue weighted by atomic mass is 9.96. The van der Waals surface area contributed by atoms with E-state index in [1.165, 1.54) is 0 Å². The van der Waals surface area contributed by atoms with Crippen molar-refractivity contribution in [1.29, 1.82) is 0 Å². The first-order chi connectivity index (χ1) is 8.05. The van der Waals surface area contributed by atoms with Gasteiger partial charge in [-0.2, -0.15) is 0 Å². The van der Waals surface area contributed by atoms with Crippen LogP contribution in [0, 0.1) is 0 Å². The van der Waals surface area contributed by atoms with Crippen molar-refractivity contribution in [3.63, 3.8) is 0 Å². The summed E-state index contributed by atoms with van der Waals surface area (Å²) in [6.07, 6.45) is 5.16. The van der Waals surface area contributed by atoms with E-state index in [4.69, 9.17) is 0 Å². The summed E-state index contributed by atoms with van der Waals surface area (Å²) >= 11 is 0. The van der Waals surface area contributed by atoms with E-state index in [9.17, 15) is 9.90 Å². The predicted octanol–water partition coefficient (Wildman–Crippen LogP) is 2.08. The number of carboxylic acids is 1. The zero-order chi connectivity index (χ0) is 12.5. The second kappa shape index (κ2) is 4.45. The predicted molar refractivity (Wildman–Crippen MR) is 64.6 cm³/mol. The van der Waals surface area contributed by atoms with Gasteiger partial charge in [0.25, 0.3) is 0 Å². The zero-order valence-corrected chi connectivity index (χ0v) is 10.3. The highest BCUT2D eigenvalue weighted by molar-refractivity contribution is 5.78. The highest BCUT2D eigenvalue weighted by Gasteiger charge is 2.45. The van der Waals surface area contributed by atoms with Crippen molar-refractivity contribution in [3.05, 3.63) is 30.1 Å². The minimum Gasteiger partial charge on any atom is -0.480 e. The molecule has 4 heteroatoms. The van der Waals surface area contributed by atoms with Gasteiger partial charge < -0.3 is 5.11 Å². The monoisotopic (exact) mass is 234 g/mol. The van der Waals surface area contributed by atoms with Gasteiger partial charge in [-0.1, -0.05) is 0 Å². The van der Waals surface area contributed by atoms with E-state index in [0.717, 1.165) is 24.9 Å². The molecule has 1 aliphatic heterocycles. The average molecular weight is 234 g/mol. The maximum atomic E-state index is 11.4. The number of aromatic nitrogens is 1. The minimum atomic E-state index is -0.733. The summed E-state index contributed by atoms with van der Waals surface area (Å²) in [6, 6.07) is 4.01. The van der Waals surface area contributed by atoms with Crippen molar-refractivity contribution in [2.45, 2.75) is 38.3 Å². The third-order valence-corrected chi connectivity index (χ3v) is 3.81. The lowest BCUT2D eigenvalue weighted by Crippen LogP contribution is -2.48. The van der Waals surface area contributed by atoms with Gasteiger partial charge in [0.15, 0.2) is 0 Å². The molecule has 1 aromatic rings.